The zero-order chi connectivity index (χ0) is 22.5. The van der Waals surface area contributed by atoms with Crippen molar-refractivity contribution in [3.8, 4) is 5.75 Å². The van der Waals surface area contributed by atoms with Gasteiger partial charge in [-0.25, -0.2) is 8.42 Å². The molecule has 1 atom stereocenters. The summed E-state index contributed by atoms with van der Waals surface area (Å²) in [6.07, 6.45) is 1.99. The molecule has 0 radical (unpaired) electrons. The zero-order valence-electron chi connectivity index (χ0n) is 18.0. The molecular formula is C22H29ClN2O4S. The number of rotatable bonds is 9. The number of benzene rings is 2. The second kappa shape index (κ2) is 9.71. The van der Waals surface area contributed by atoms with Crippen molar-refractivity contribution in [2.75, 3.05) is 17.7 Å². The number of halogens is 1. The monoisotopic (exact) mass is 452 g/mol. The average molecular weight is 453 g/mol. The van der Waals surface area contributed by atoms with E-state index in [-0.39, 0.29) is 10.9 Å². The largest absolute Gasteiger partial charge is 0.495 e. The lowest BCUT2D eigenvalue weighted by Gasteiger charge is -2.34. The van der Waals surface area contributed by atoms with E-state index in [2.05, 4.69) is 5.32 Å². The highest BCUT2D eigenvalue weighted by atomic mass is 35.5. The molecule has 2 rings (SSSR count). The Labute approximate surface area is 184 Å². The molecule has 6 nitrogen and oxygen atoms in total. The van der Waals surface area contributed by atoms with Crippen molar-refractivity contribution in [3.63, 3.8) is 0 Å². The summed E-state index contributed by atoms with van der Waals surface area (Å²) >= 11 is 6.20. The van der Waals surface area contributed by atoms with E-state index in [0.29, 0.717) is 24.3 Å². The van der Waals surface area contributed by atoms with Gasteiger partial charge in [0.2, 0.25) is 15.9 Å². The fourth-order valence-electron chi connectivity index (χ4n) is 3.42. The molecule has 0 aliphatic rings. The van der Waals surface area contributed by atoms with Crippen LogP contribution >= 0.6 is 11.6 Å². The maximum atomic E-state index is 13.2. The lowest BCUT2D eigenvalue weighted by Crippen LogP contribution is -2.55. The predicted octanol–water partition coefficient (Wildman–Crippen LogP) is 4.03. The summed E-state index contributed by atoms with van der Waals surface area (Å²) in [5.41, 5.74) is 0.830. The molecule has 0 aromatic heterocycles. The first-order valence-electron chi connectivity index (χ1n) is 9.67. The molecule has 0 saturated heterocycles. The maximum Gasteiger partial charge on any atom is 0.244 e. The topological polar surface area (TPSA) is 75.7 Å². The fraction of sp³-hybridized carbons (Fsp3) is 0.409. The molecule has 1 N–H and O–H groups in total. The quantitative estimate of drug-likeness (QED) is 0.623. The van der Waals surface area contributed by atoms with E-state index in [1.807, 2.05) is 44.2 Å². The molecule has 0 spiro atoms. The van der Waals surface area contributed by atoms with Crippen molar-refractivity contribution < 1.29 is 17.9 Å². The normalized spacial score (nSPS) is 12.9. The van der Waals surface area contributed by atoms with Gasteiger partial charge in [-0.15, -0.1) is 0 Å². The lowest BCUT2D eigenvalue weighted by molar-refractivity contribution is -0.123. The van der Waals surface area contributed by atoms with Crippen molar-refractivity contribution in [1.29, 1.82) is 0 Å². The highest BCUT2D eigenvalue weighted by molar-refractivity contribution is 7.92. The molecule has 2 aromatic rings. The van der Waals surface area contributed by atoms with E-state index in [1.54, 1.807) is 19.1 Å². The Morgan fingerprint density at radius 2 is 1.83 bits per heavy atom. The summed E-state index contributed by atoms with van der Waals surface area (Å²) in [5, 5.41) is 3.28. The minimum absolute atomic E-state index is 0.267. The number of hydrogen-bond donors (Lipinski definition) is 1. The highest BCUT2D eigenvalue weighted by Gasteiger charge is 2.34. The van der Waals surface area contributed by atoms with Gasteiger partial charge in [0.1, 0.15) is 11.8 Å². The first kappa shape index (κ1) is 24.0. The van der Waals surface area contributed by atoms with Crippen LogP contribution in [0, 0.1) is 0 Å². The average Bonchev–Trinajstić information content (AvgIpc) is 2.64. The third kappa shape index (κ3) is 6.12. The van der Waals surface area contributed by atoms with Crippen LogP contribution < -0.4 is 14.4 Å². The summed E-state index contributed by atoms with van der Waals surface area (Å²) in [5.74, 6) is 0.0613. The van der Waals surface area contributed by atoms with Crippen molar-refractivity contribution in [2.45, 2.75) is 45.2 Å². The number of ether oxygens (including phenoxy) is 1. The molecule has 0 aliphatic carbocycles. The van der Waals surface area contributed by atoms with Crippen LogP contribution in [0.25, 0.3) is 0 Å². The minimum atomic E-state index is -3.75. The number of anilines is 1. The van der Waals surface area contributed by atoms with Crippen LogP contribution in [0.15, 0.2) is 48.5 Å². The zero-order valence-corrected chi connectivity index (χ0v) is 19.5. The summed E-state index contributed by atoms with van der Waals surface area (Å²) in [6, 6.07) is 13.6. The molecule has 30 heavy (non-hydrogen) atoms. The summed E-state index contributed by atoms with van der Waals surface area (Å²) in [6.45, 7) is 5.61. The number of amides is 1. The van der Waals surface area contributed by atoms with Crippen molar-refractivity contribution in [1.82, 2.24) is 5.32 Å². The Hall–Kier alpha value is -2.25. The summed E-state index contributed by atoms with van der Waals surface area (Å²) in [7, 11) is -2.27. The third-order valence-corrected chi connectivity index (χ3v) is 6.15. The number of methoxy groups -OCH3 is 1. The van der Waals surface area contributed by atoms with Gasteiger partial charge < -0.3 is 10.1 Å². The Kier molecular flexibility index (Phi) is 7.77. The van der Waals surface area contributed by atoms with Gasteiger partial charge in [-0.05, 0) is 50.5 Å². The Bertz CT molecular complexity index is 978. The van der Waals surface area contributed by atoms with Gasteiger partial charge >= 0.3 is 0 Å². The van der Waals surface area contributed by atoms with Crippen molar-refractivity contribution in [2.24, 2.45) is 0 Å². The number of nitrogens with one attached hydrogen (secondary N) is 1. The van der Waals surface area contributed by atoms with Gasteiger partial charge in [-0.3, -0.25) is 9.10 Å². The SMILES string of the molecule is CC[C@@H](C(=O)NC(C)(C)Cc1ccccc1)N(c1ccc(OC)c(Cl)c1)S(C)(=O)=O. The molecule has 8 heteroatoms. The first-order chi connectivity index (χ1) is 14.0. The number of nitrogens with zero attached hydrogens (tertiary/aromatic N) is 1. The van der Waals surface area contributed by atoms with Crippen molar-refractivity contribution in [3.05, 3.63) is 59.1 Å². The maximum absolute atomic E-state index is 13.2. The molecule has 0 saturated carbocycles. The van der Waals surface area contributed by atoms with Crippen LogP contribution in [0.1, 0.15) is 32.8 Å². The van der Waals surface area contributed by atoms with Gasteiger partial charge in [0, 0.05) is 5.54 Å². The van der Waals surface area contributed by atoms with E-state index in [9.17, 15) is 13.2 Å². The molecule has 164 valence electrons. The predicted molar refractivity (Wildman–Crippen MR) is 122 cm³/mol. The molecule has 0 fully saturated rings. The van der Waals surface area contributed by atoms with E-state index < -0.39 is 21.6 Å². The number of carbonyl (C=O) groups excluding carboxylic acids is 1. The lowest BCUT2D eigenvalue weighted by atomic mass is 9.94. The van der Waals surface area contributed by atoms with E-state index in [0.717, 1.165) is 16.1 Å². The Balaban J connectivity index is 2.32. The molecular weight excluding hydrogens is 424 g/mol. The third-order valence-electron chi connectivity index (χ3n) is 4.67. The number of hydrogen-bond acceptors (Lipinski definition) is 4. The molecule has 1 amide bonds. The fourth-order valence-corrected chi connectivity index (χ4v) is 4.88. The van der Waals surface area contributed by atoms with Crippen LogP contribution in [0.2, 0.25) is 5.02 Å². The molecule has 0 heterocycles. The van der Waals surface area contributed by atoms with Crippen LogP contribution in [0.5, 0.6) is 5.75 Å². The minimum Gasteiger partial charge on any atom is -0.495 e. The van der Waals surface area contributed by atoms with E-state index in [1.165, 1.54) is 13.2 Å². The summed E-state index contributed by atoms with van der Waals surface area (Å²) < 4.78 is 31.5. The Morgan fingerprint density at radius 3 is 2.33 bits per heavy atom. The molecule has 2 aromatic carbocycles. The smallest absolute Gasteiger partial charge is 0.244 e. The van der Waals surface area contributed by atoms with E-state index in [4.69, 9.17) is 16.3 Å². The number of sulfonamides is 1. The van der Waals surface area contributed by atoms with Crippen LogP contribution in [0.3, 0.4) is 0 Å². The van der Waals surface area contributed by atoms with Gasteiger partial charge in [0.15, 0.2) is 0 Å². The van der Waals surface area contributed by atoms with Crippen molar-refractivity contribution >= 4 is 33.2 Å². The number of carbonyl (C=O) groups is 1. The highest BCUT2D eigenvalue weighted by Crippen LogP contribution is 2.32. The van der Waals surface area contributed by atoms with Crippen LogP contribution in [-0.4, -0.2) is 39.3 Å². The molecule has 0 unspecified atom stereocenters. The Morgan fingerprint density at radius 1 is 1.20 bits per heavy atom. The van der Waals surface area contributed by atoms with E-state index >= 15 is 0 Å². The standard InChI is InChI=1S/C22H29ClN2O4S/c1-6-19(21(26)24-22(2,3)15-16-10-8-7-9-11-16)25(30(5,27)28)17-12-13-20(29-4)18(23)14-17/h7-14,19H,6,15H2,1-5H3,(H,24,26)/t19-/m0/s1. The van der Waals surface area contributed by atoms with Gasteiger partial charge in [0.05, 0.1) is 24.1 Å². The summed E-state index contributed by atoms with van der Waals surface area (Å²) in [4.78, 5) is 13.2. The second-order valence-corrected chi connectivity index (χ2v) is 10.1. The molecule has 0 bridgehead atoms. The first-order valence-corrected chi connectivity index (χ1v) is 11.9. The second-order valence-electron chi connectivity index (χ2n) is 7.84. The van der Waals surface area contributed by atoms with Gasteiger partial charge in [-0.2, -0.15) is 0 Å². The molecule has 0 aliphatic heterocycles. The van der Waals surface area contributed by atoms with Crippen LogP contribution in [-0.2, 0) is 21.2 Å². The van der Waals surface area contributed by atoms with Gasteiger partial charge in [0.25, 0.3) is 0 Å². The van der Waals surface area contributed by atoms with Crippen LogP contribution in [0.4, 0.5) is 5.69 Å². The van der Waals surface area contributed by atoms with Gasteiger partial charge in [-0.1, -0.05) is 48.9 Å².